The summed E-state index contributed by atoms with van der Waals surface area (Å²) < 4.78 is 30.5. The maximum atomic E-state index is 12.8. The first-order valence-corrected chi connectivity index (χ1v) is 10.7. The highest BCUT2D eigenvalue weighted by Gasteiger charge is 2.22. The highest BCUT2D eigenvalue weighted by atomic mass is 35.5. The molecular weight excluding hydrogens is 384 g/mol. The monoisotopic (exact) mass is 402 g/mol. The Kier molecular flexibility index (Phi) is 4.88. The summed E-state index contributed by atoms with van der Waals surface area (Å²) in [5, 5.41) is 8.84. The Morgan fingerprint density at radius 2 is 1.74 bits per heavy atom. The second-order valence-corrected chi connectivity index (χ2v) is 8.54. The fourth-order valence-corrected chi connectivity index (χ4v) is 4.91. The van der Waals surface area contributed by atoms with Gasteiger partial charge in [0.25, 0.3) is 10.0 Å². The van der Waals surface area contributed by atoms with Gasteiger partial charge < -0.3 is 4.57 Å². The largest absolute Gasteiger partial charge is 0.311 e. The molecule has 1 N–H and O–H groups in total. The number of sulfonamides is 1. The predicted octanol–water partition coefficient (Wildman–Crippen LogP) is 4.13. The van der Waals surface area contributed by atoms with Gasteiger partial charge in [-0.2, -0.15) is 0 Å². The first-order chi connectivity index (χ1) is 13.1. The molecule has 1 aliphatic heterocycles. The molecule has 0 aliphatic carbocycles. The minimum Gasteiger partial charge on any atom is -0.311 e. The van der Waals surface area contributed by atoms with Crippen molar-refractivity contribution in [2.75, 3.05) is 4.72 Å². The van der Waals surface area contributed by atoms with Gasteiger partial charge in [-0.3, -0.25) is 4.72 Å². The van der Waals surface area contributed by atoms with Crippen LogP contribution in [0, 0.1) is 0 Å². The molecule has 0 unspecified atom stereocenters. The van der Waals surface area contributed by atoms with Crippen molar-refractivity contribution in [2.24, 2.45) is 0 Å². The van der Waals surface area contributed by atoms with Crippen LogP contribution in [0.1, 0.15) is 25.1 Å². The Hall–Kier alpha value is -2.38. The Morgan fingerprint density at radius 1 is 0.963 bits per heavy atom. The fourth-order valence-electron chi connectivity index (χ4n) is 3.31. The fraction of sp³-hybridized carbons (Fsp3) is 0.263. The highest BCUT2D eigenvalue weighted by Crippen LogP contribution is 2.31. The van der Waals surface area contributed by atoms with Gasteiger partial charge in [-0.15, -0.1) is 10.2 Å². The number of nitrogens with one attached hydrogen (secondary N) is 1. The van der Waals surface area contributed by atoms with Gasteiger partial charge in [0.05, 0.1) is 10.7 Å². The van der Waals surface area contributed by atoms with E-state index in [1.165, 1.54) is 6.07 Å². The van der Waals surface area contributed by atoms with E-state index >= 15 is 0 Å². The summed E-state index contributed by atoms with van der Waals surface area (Å²) in [5.74, 6) is 1.63. The molecule has 8 heteroatoms. The Bertz CT molecular complexity index is 1080. The van der Waals surface area contributed by atoms with E-state index < -0.39 is 10.0 Å². The average molecular weight is 403 g/mol. The molecule has 0 atom stereocenters. The van der Waals surface area contributed by atoms with Crippen molar-refractivity contribution in [3.63, 3.8) is 0 Å². The molecule has 140 valence electrons. The third kappa shape index (κ3) is 3.57. The van der Waals surface area contributed by atoms with E-state index in [9.17, 15) is 8.42 Å². The summed E-state index contributed by atoms with van der Waals surface area (Å²) >= 11 is 6.08. The van der Waals surface area contributed by atoms with Crippen LogP contribution in [0.4, 0.5) is 5.69 Å². The summed E-state index contributed by atoms with van der Waals surface area (Å²) in [6.07, 6.45) is 4.20. The maximum Gasteiger partial charge on any atom is 0.263 e. The van der Waals surface area contributed by atoms with Crippen molar-refractivity contribution in [1.29, 1.82) is 0 Å². The Balaban J connectivity index is 1.75. The van der Waals surface area contributed by atoms with E-state index in [1.807, 2.05) is 12.1 Å². The lowest BCUT2D eigenvalue weighted by atomic mass is 10.1. The van der Waals surface area contributed by atoms with Crippen LogP contribution in [0.2, 0.25) is 5.02 Å². The zero-order valence-corrected chi connectivity index (χ0v) is 16.2. The molecule has 0 saturated carbocycles. The molecule has 0 bridgehead atoms. The van der Waals surface area contributed by atoms with E-state index in [4.69, 9.17) is 11.6 Å². The lowest BCUT2D eigenvalue weighted by molar-refractivity contribution is 0.601. The van der Waals surface area contributed by atoms with Gasteiger partial charge >= 0.3 is 0 Å². The SMILES string of the molecule is O=S(=O)(Nc1ccccc1-c1nnc2n1CCCCC2)c1ccccc1Cl. The van der Waals surface area contributed by atoms with Crippen LogP contribution in [0.5, 0.6) is 0 Å². The molecule has 3 aromatic rings. The smallest absolute Gasteiger partial charge is 0.263 e. The van der Waals surface area contributed by atoms with Crippen LogP contribution in [0.25, 0.3) is 11.4 Å². The number of hydrogen-bond donors (Lipinski definition) is 1. The first kappa shape index (κ1) is 18.0. The van der Waals surface area contributed by atoms with Crippen molar-refractivity contribution in [1.82, 2.24) is 14.8 Å². The molecule has 6 nitrogen and oxygen atoms in total. The molecule has 1 aromatic heterocycles. The number of aryl methyl sites for hydroxylation is 1. The lowest BCUT2D eigenvalue weighted by Gasteiger charge is -2.14. The maximum absolute atomic E-state index is 12.8. The summed E-state index contributed by atoms with van der Waals surface area (Å²) in [7, 11) is -3.83. The lowest BCUT2D eigenvalue weighted by Crippen LogP contribution is -2.14. The normalized spacial score (nSPS) is 14.4. The highest BCUT2D eigenvalue weighted by molar-refractivity contribution is 7.92. The second-order valence-electron chi connectivity index (χ2n) is 6.48. The van der Waals surface area contributed by atoms with Crippen LogP contribution >= 0.6 is 11.6 Å². The van der Waals surface area contributed by atoms with E-state index in [2.05, 4.69) is 19.5 Å². The summed E-state index contributed by atoms with van der Waals surface area (Å²) in [4.78, 5) is 0.0431. The van der Waals surface area contributed by atoms with Crippen molar-refractivity contribution in [3.8, 4) is 11.4 Å². The Labute approximate surface area is 163 Å². The number of halogens is 1. The molecule has 0 amide bonds. The number of para-hydroxylation sites is 1. The number of hydrogen-bond acceptors (Lipinski definition) is 4. The van der Waals surface area contributed by atoms with Crippen molar-refractivity contribution >= 4 is 27.3 Å². The van der Waals surface area contributed by atoms with Crippen molar-refractivity contribution in [3.05, 3.63) is 59.4 Å². The van der Waals surface area contributed by atoms with Gasteiger partial charge in [-0.05, 0) is 37.1 Å². The molecule has 0 radical (unpaired) electrons. The quantitative estimate of drug-likeness (QED) is 0.711. The third-order valence-corrected chi connectivity index (χ3v) is 6.51. The molecule has 2 aromatic carbocycles. The summed E-state index contributed by atoms with van der Waals surface area (Å²) in [6.45, 7) is 0.837. The number of rotatable bonds is 4. The minimum atomic E-state index is -3.83. The minimum absolute atomic E-state index is 0.0431. The zero-order valence-electron chi connectivity index (χ0n) is 14.6. The molecular formula is C19H19ClN4O2S. The molecule has 27 heavy (non-hydrogen) atoms. The first-order valence-electron chi connectivity index (χ1n) is 8.85. The van der Waals surface area contributed by atoms with E-state index in [-0.39, 0.29) is 9.92 Å². The standard InChI is InChI=1S/C19H19ClN4O2S/c20-15-9-4-6-11-17(15)27(25,26)23-16-10-5-3-8-14(16)19-22-21-18-12-2-1-7-13-24(18)19/h3-6,8-11,23H,1-2,7,12-13H2. The third-order valence-electron chi connectivity index (χ3n) is 4.65. The van der Waals surface area contributed by atoms with Crippen LogP contribution in [-0.4, -0.2) is 23.2 Å². The summed E-state index contributed by atoms with van der Waals surface area (Å²) in [5.41, 5.74) is 1.16. The molecule has 4 rings (SSSR count). The van der Waals surface area contributed by atoms with Gasteiger partial charge in [0, 0.05) is 18.5 Å². The van der Waals surface area contributed by atoms with Gasteiger partial charge in [0.1, 0.15) is 10.7 Å². The molecule has 2 heterocycles. The number of fused-ring (bicyclic) bond motifs is 1. The second kappa shape index (κ2) is 7.32. The van der Waals surface area contributed by atoms with E-state index in [0.29, 0.717) is 17.1 Å². The number of nitrogens with zero attached hydrogens (tertiary/aromatic N) is 3. The van der Waals surface area contributed by atoms with Crippen LogP contribution in [-0.2, 0) is 23.0 Å². The topological polar surface area (TPSA) is 76.9 Å². The van der Waals surface area contributed by atoms with E-state index in [1.54, 1.807) is 30.3 Å². The van der Waals surface area contributed by atoms with Crippen LogP contribution < -0.4 is 4.72 Å². The van der Waals surface area contributed by atoms with Crippen LogP contribution in [0.15, 0.2) is 53.4 Å². The average Bonchev–Trinajstić information content (AvgIpc) is 2.90. The van der Waals surface area contributed by atoms with E-state index in [0.717, 1.165) is 38.1 Å². The van der Waals surface area contributed by atoms with Gasteiger partial charge in [-0.1, -0.05) is 42.3 Å². The molecule has 1 aliphatic rings. The van der Waals surface area contributed by atoms with Crippen LogP contribution in [0.3, 0.4) is 0 Å². The number of anilines is 1. The summed E-state index contributed by atoms with van der Waals surface area (Å²) in [6, 6.07) is 13.6. The Morgan fingerprint density at radius 3 is 2.59 bits per heavy atom. The number of benzene rings is 2. The predicted molar refractivity (Wildman–Crippen MR) is 105 cm³/mol. The molecule has 0 fully saturated rings. The van der Waals surface area contributed by atoms with Crippen molar-refractivity contribution < 1.29 is 8.42 Å². The van der Waals surface area contributed by atoms with Gasteiger partial charge in [0.2, 0.25) is 0 Å². The molecule has 0 saturated heterocycles. The van der Waals surface area contributed by atoms with Gasteiger partial charge in [-0.25, -0.2) is 8.42 Å². The molecule has 0 spiro atoms. The number of aromatic nitrogens is 3. The van der Waals surface area contributed by atoms with Gasteiger partial charge in [0.15, 0.2) is 5.82 Å². The zero-order chi connectivity index (χ0) is 18.9. The van der Waals surface area contributed by atoms with Crippen molar-refractivity contribution in [2.45, 2.75) is 37.1 Å².